The summed E-state index contributed by atoms with van der Waals surface area (Å²) >= 11 is 1.63. The van der Waals surface area contributed by atoms with E-state index in [1.54, 1.807) is 28.2 Å². The van der Waals surface area contributed by atoms with Crippen molar-refractivity contribution in [3.8, 4) is 16.9 Å². The van der Waals surface area contributed by atoms with Gasteiger partial charge in [0.2, 0.25) is 5.91 Å². The first kappa shape index (κ1) is 21.1. The molecule has 1 saturated carbocycles. The summed E-state index contributed by atoms with van der Waals surface area (Å²) in [7, 11) is 0. The highest BCUT2D eigenvalue weighted by molar-refractivity contribution is 7.07. The molecule has 0 spiro atoms. The number of carbonyl (C=O) groups is 1. The zero-order valence-electron chi connectivity index (χ0n) is 17.8. The second-order valence-corrected chi connectivity index (χ2v) is 8.93. The van der Waals surface area contributed by atoms with E-state index in [2.05, 4.69) is 11.4 Å². The predicted molar refractivity (Wildman–Crippen MR) is 127 cm³/mol. The highest BCUT2D eigenvalue weighted by Gasteiger charge is 2.33. The molecule has 0 saturated heterocycles. The van der Waals surface area contributed by atoms with E-state index in [9.17, 15) is 14.9 Å². The third-order valence-electron chi connectivity index (χ3n) is 5.75. The summed E-state index contributed by atoms with van der Waals surface area (Å²) in [6, 6.07) is 18.4. The molecular weight excluding hydrogens is 436 g/mol. The fourth-order valence-corrected chi connectivity index (χ4v) is 4.55. The van der Waals surface area contributed by atoms with Crippen molar-refractivity contribution >= 4 is 22.9 Å². The highest BCUT2D eigenvalue weighted by Crippen LogP contribution is 2.31. The molecule has 0 bridgehead atoms. The molecule has 33 heavy (non-hydrogen) atoms. The van der Waals surface area contributed by atoms with Crippen molar-refractivity contribution in [3.05, 3.63) is 98.9 Å². The third-order valence-corrected chi connectivity index (χ3v) is 6.48. The van der Waals surface area contributed by atoms with Crippen LogP contribution in [0.25, 0.3) is 16.9 Å². The van der Waals surface area contributed by atoms with Crippen LogP contribution in [0.3, 0.4) is 0 Å². The Morgan fingerprint density at radius 1 is 1.12 bits per heavy atom. The molecule has 1 aliphatic carbocycles. The van der Waals surface area contributed by atoms with Crippen LogP contribution in [-0.4, -0.2) is 31.6 Å². The molecule has 2 aromatic heterocycles. The lowest BCUT2D eigenvalue weighted by molar-refractivity contribution is -0.384. The minimum atomic E-state index is -0.422. The molecule has 2 aromatic carbocycles. The molecule has 1 fully saturated rings. The number of rotatable bonds is 8. The summed E-state index contributed by atoms with van der Waals surface area (Å²) < 4.78 is 1.76. The predicted octanol–water partition coefficient (Wildman–Crippen LogP) is 5.24. The Balaban J connectivity index is 1.47. The van der Waals surface area contributed by atoms with Gasteiger partial charge < -0.3 is 4.90 Å². The lowest BCUT2D eigenvalue weighted by Crippen LogP contribution is -2.33. The number of non-ortho nitro benzene ring substituents is 1. The van der Waals surface area contributed by atoms with Crippen LogP contribution in [0.1, 0.15) is 24.0 Å². The molecule has 8 heteroatoms. The Kier molecular flexibility index (Phi) is 5.75. The molecular formula is C25H22N4O3S. The molecule has 5 rings (SSSR count). The van der Waals surface area contributed by atoms with Crippen LogP contribution in [0, 0.1) is 10.1 Å². The summed E-state index contributed by atoms with van der Waals surface area (Å²) in [6.45, 7) is 0.618. The number of aromatic nitrogens is 2. The Morgan fingerprint density at radius 3 is 2.52 bits per heavy atom. The quantitative estimate of drug-likeness (QED) is 0.267. The van der Waals surface area contributed by atoms with Crippen LogP contribution in [-0.2, 0) is 17.8 Å². The molecule has 7 nitrogen and oxygen atoms in total. The fourth-order valence-electron chi connectivity index (χ4n) is 3.89. The summed E-state index contributed by atoms with van der Waals surface area (Å²) in [5.41, 5.74) is 4.26. The zero-order chi connectivity index (χ0) is 22.8. The van der Waals surface area contributed by atoms with Gasteiger partial charge in [-0.25, -0.2) is 4.68 Å². The van der Waals surface area contributed by atoms with Gasteiger partial charge in [0.05, 0.1) is 22.7 Å². The lowest BCUT2D eigenvalue weighted by atomic mass is 10.0. The number of nitro groups is 1. The van der Waals surface area contributed by atoms with Gasteiger partial charge in [-0.05, 0) is 59.5 Å². The topological polar surface area (TPSA) is 81.3 Å². The molecule has 4 aromatic rings. The average Bonchev–Trinajstić information content (AvgIpc) is 3.37. The van der Waals surface area contributed by atoms with Crippen molar-refractivity contribution in [1.82, 2.24) is 14.7 Å². The number of hydrogen-bond donors (Lipinski definition) is 0. The van der Waals surface area contributed by atoms with E-state index in [1.807, 2.05) is 46.8 Å². The van der Waals surface area contributed by atoms with E-state index in [4.69, 9.17) is 5.10 Å². The molecule has 0 radical (unpaired) electrons. The Bertz CT molecular complexity index is 1260. The van der Waals surface area contributed by atoms with Crippen molar-refractivity contribution in [2.75, 3.05) is 0 Å². The van der Waals surface area contributed by atoms with Gasteiger partial charge in [0, 0.05) is 42.0 Å². The molecule has 1 aliphatic rings. The Labute approximate surface area is 195 Å². The van der Waals surface area contributed by atoms with Crippen molar-refractivity contribution in [2.45, 2.75) is 31.8 Å². The number of para-hydroxylation sites is 1. The number of nitro benzene ring substituents is 1. The van der Waals surface area contributed by atoms with Gasteiger partial charge in [-0.1, -0.05) is 18.2 Å². The van der Waals surface area contributed by atoms with Gasteiger partial charge in [-0.2, -0.15) is 16.4 Å². The second kappa shape index (κ2) is 8.99. The summed E-state index contributed by atoms with van der Waals surface area (Å²) in [5, 5.41) is 19.9. The largest absolute Gasteiger partial charge is 0.335 e. The maximum atomic E-state index is 13.4. The number of nitrogens with zero attached hydrogens (tertiary/aromatic N) is 4. The van der Waals surface area contributed by atoms with Crippen molar-refractivity contribution < 1.29 is 9.72 Å². The van der Waals surface area contributed by atoms with Gasteiger partial charge in [-0.15, -0.1) is 0 Å². The number of thiophene rings is 1. The molecule has 0 aliphatic heterocycles. The number of benzene rings is 2. The first-order chi connectivity index (χ1) is 16.1. The number of hydrogen-bond acceptors (Lipinski definition) is 5. The summed E-state index contributed by atoms with van der Waals surface area (Å²) in [5.74, 6) is 0.0690. The van der Waals surface area contributed by atoms with Gasteiger partial charge in [0.1, 0.15) is 0 Å². The van der Waals surface area contributed by atoms with Gasteiger partial charge in [-0.3, -0.25) is 14.9 Å². The van der Waals surface area contributed by atoms with E-state index in [0.717, 1.165) is 35.2 Å². The van der Waals surface area contributed by atoms with Crippen LogP contribution in [0.5, 0.6) is 0 Å². The van der Waals surface area contributed by atoms with Crippen molar-refractivity contribution in [1.29, 1.82) is 0 Å². The molecule has 166 valence electrons. The minimum absolute atomic E-state index is 0.0227. The molecule has 0 N–H and O–H groups in total. The normalized spacial score (nSPS) is 13.1. The smallest absolute Gasteiger partial charge is 0.269 e. The average molecular weight is 459 g/mol. The Morgan fingerprint density at radius 2 is 1.88 bits per heavy atom. The molecule has 1 amide bonds. The molecule has 2 heterocycles. The van der Waals surface area contributed by atoms with E-state index in [0.29, 0.717) is 18.3 Å². The van der Waals surface area contributed by atoms with Crippen molar-refractivity contribution in [2.24, 2.45) is 0 Å². The highest BCUT2D eigenvalue weighted by atomic mass is 32.1. The molecule has 0 atom stereocenters. The first-order valence-corrected chi connectivity index (χ1v) is 11.7. The van der Waals surface area contributed by atoms with Gasteiger partial charge in [0.15, 0.2) is 0 Å². The summed E-state index contributed by atoms with van der Waals surface area (Å²) in [4.78, 5) is 26.0. The second-order valence-electron chi connectivity index (χ2n) is 8.15. The maximum Gasteiger partial charge on any atom is 0.269 e. The van der Waals surface area contributed by atoms with Crippen LogP contribution in [0.15, 0.2) is 77.6 Å². The van der Waals surface area contributed by atoms with Crippen LogP contribution >= 0.6 is 11.3 Å². The van der Waals surface area contributed by atoms with Gasteiger partial charge >= 0.3 is 0 Å². The minimum Gasteiger partial charge on any atom is -0.335 e. The van der Waals surface area contributed by atoms with Crippen LogP contribution < -0.4 is 0 Å². The van der Waals surface area contributed by atoms with Gasteiger partial charge in [0.25, 0.3) is 5.69 Å². The monoisotopic (exact) mass is 458 g/mol. The zero-order valence-corrected chi connectivity index (χ0v) is 18.6. The standard InChI is InChI=1S/C25H22N4O3S/c30-24(27(21-10-11-21)15-18-12-13-33-17-18)14-20-16-28(22-4-2-1-3-5-22)26-25(20)19-6-8-23(9-7-19)29(31)32/h1-9,12-13,16-17,21H,10-11,14-15H2. The molecule has 0 unspecified atom stereocenters. The van der Waals surface area contributed by atoms with E-state index in [1.165, 1.54) is 12.1 Å². The number of amides is 1. The van der Waals surface area contributed by atoms with Crippen molar-refractivity contribution in [3.63, 3.8) is 0 Å². The number of carbonyl (C=O) groups excluding carboxylic acids is 1. The van der Waals surface area contributed by atoms with E-state index in [-0.39, 0.29) is 18.0 Å². The van der Waals surface area contributed by atoms with E-state index >= 15 is 0 Å². The Hall–Kier alpha value is -3.78. The lowest BCUT2D eigenvalue weighted by Gasteiger charge is -2.22. The van der Waals surface area contributed by atoms with E-state index < -0.39 is 4.92 Å². The summed E-state index contributed by atoms with van der Waals surface area (Å²) in [6.07, 6.45) is 4.18. The third kappa shape index (κ3) is 4.70. The van der Waals surface area contributed by atoms with Crippen LogP contribution in [0.4, 0.5) is 5.69 Å². The van der Waals surface area contributed by atoms with Crippen LogP contribution in [0.2, 0.25) is 0 Å². The fraction of sp³-hybridized carbons (Fsp3) is 0.200. The first-order valence-electron chi connectivity index (χ1n) is 10.8. The maximum absolute atomic E-state index is 13.4. The SMILES string of the molecule is O=C(Cc1cn(-c2ccccc2)nc1-c1ccc([N+](=O)[O-])cc1)N(Cc1ccsc1)C1CC1.